The molecule has 290 valence electrons. The Bertz CT molecular complexity index is 3810. The molecule has 0 atom stereocenters. The second-order valence-electron chi connectivity index (χ2n) is 18.0. The lowest BCUT2D eigenvalue weighted by Crippen LogP contribution is -2.15. The Kier molecular flexibility index (Phi) is 7.38. The van der Waals surface area contributed by atoms with E-state index < -0.39 is 0 Å². The lowest BCUT2D eigenvalue weighted by atomic mass is 9.79. The van der Waals surface area contributed by atoms with Crippen molar-refractivity contribution in [1.82, 2.24) is 0 Å². The first-order valence-corrected chi connectivity index (χ1v) is 21.9. The summed E-state index contributed by atoms with van der Waals surface area (Å²) >= 11 is 0. The third kappa shape index (κ3) is 4.95. The predicted octanol–water partition coefficient (Wildman–Crippen LogP) is 17.3. The molecule has 12 aromatic carbocycles. The molecule has 0 bridgehead atoms. The first kappa shape index (κ1) is 35.2. The summed E-state index contributed by atoms with van der Waals surface area (Å²) in [6.07, 6.45) is 0. The lowest BCUT2D eigenvalue weighted by molar-refractivity contribution is 0.661. The van der Waals surface area contributed by atoms with Crippen molar-refractivity contribution < 1.29 is 0 Å². The number of fused-ring (bicyclic) bond motifs is 9. The molecular weight excluding hydrogens is 745 g/mol. The van der Waals surface area contributed by atoms with Crippen LogP contribution >= 0.6 is 0 Å². The Morgan fingerprint density at radius 3 is 1.35 bits per heavy atom. The van der Waals surface area contributed by atoms with Gasteiger partial charge in [0, 0.05) is 5.41 Å². The van der Waals surface area contributed by atoms with Gasteiger partial charge in [0.25, 0.3) is 0 Å². The third-order valence-corrected chi connectivity index (χ3v) is 14.3. The summed E-state index contributed by atoms with van der Waals surface area (Å²) in [7, 11) is 0. The maximum atomic E-state index is 2.51. The van der Waals surface area contributed by atoms with Gasteiger partial charge in [-0.2, -0.15) is 0 Å². The molecule has 0 aromatic heterocycles. The molecule has 1 aliphatic carbocycles. The maximum absolute atomic E-state index is 2.51. The van der Waals surface area contributed by atoms with Crippen molar-refractivity contribution in [2.24, 2.45) is 0 Å². The molecule has 0 spiro atoms. The van der Waals surface area contributed by atoms with E-state index in [0.29, 0.717) is 0 Å². The van der Waals surface area contributed by atoms with Crippen LogP contribution < -0.4 is 0 Å². The number of hydrogen-bond donors (Lipinski definition) is 0. The zero-order valence-corrected chi connectivity index (χ0v) is 35.1. The minimum Gasteiger partial charge on any atom is -0.0622 e. The first-order valence-electron chi connectivity index (χ1n) is 21.9. The van der Waals surface area contributed by atoms with E-state index in [0.717, 1.165) is 0 Å². The fourth-order valence-corrected chi connectivity index (χ4v) is 11.4. The highest BCUT2D eigenvalue weighted by atomic mass is 14.4. The molecule has 0 N–H and O–H groups in total. The van der Waals surface area contributed by atoms with Crippen molar-refractivity contribution in [2.45, 2.75) is 26.2 Å². The van der Waals surface area contributed by atoms with Crippen molar-refractivity contribution in [3.8, 4) is 55.6 Å². The highest BCUT2D eigenvalue weighted by Crippen LogP contribution is 2.53. The van der Waals surface area contributed by atoms with Crippen LogP contribution in [0.2, 0.25) is 0 Å². The minimum absolute atomic E-state index is 0.176. The second kappa shape index (κ2) is 13.0. The summed E-state index contributed by atoms with van der Waals surface area (Å²) in [5.41, 5.74) is 16.7. The van der Waals surface area contributed by atoms with Gasteiger partial charge in [0.05, 0.1) is 0 Å². The van der Waals surface area contributed by atoms with Crippen molar-refractivity contribution in [3.63, 3.8) is 0 Å². The van der Waals surface area contributed by atoms with Gasteiger partial charge in [-0.15, -0.1) is 0 Å². The number of aryl methyl sites for hydroxylation is 1. The van der Waals surface area contributed by atoms with Crippen LogP contribution in [0.3, 0.4) is 0 Å². The van der Waals surface area contributed by atoms with E-state index in [1.165, 1.54) is 137 Å². The molecule has 13 rings (SSSR count). The van der Waals surface area contributed by atoms with Crippen molar-refractivity contribution in [3.05, 3.63) is 217 Å². The summed E-state index contributed by atoms with van der Waals surface area (Å²) in [6, 6.07) is 75.4. The van der Waals surface area contributed by atoms with Crippen molar-refractivity contribution in [2.75, 3.05) is 0 Å². The van der Waals surface area contributed by atoms with Gasteiger partial charge in [0.2, 0.25) is 0 Å². The summed E-state index contributed by atoms with van der Waals surface area (Å²) < 4.78 is 0. The van der Waals surface area contributed by atoms with Gasteiger partial charge in [-0.25, -0.2) is 0 Å². The predicted molar refractivity (Wildman–Crippen MR) is 267 cm³/mol. The molecule has 0 amide bonds. The SMILES string of the molecule is Cc1cc(-c2ccc3ccc4c(-c5ccccc5)ccc5ccc2c3c54)cc(-c2ccccc2)c1-c1ccc2c(c1)C(C)(C)c1cc3c4ccccc4c4ccccc4c3cc1-2. The highest BCUT2D eigenvalue weighted by Gasteiger charge is 2.36. The first-order chi connectivity index (χ1) is 30.4. The van der Waals surface area contributed by atoms with Gasteiger partial charge in [0.15, 0.2) is 0 Å². The smallest absolute Gasteiger partial charge is 0.0159 e. The molecule has 0 unspecified atom stereocenters. The Hall–Kier alpha value is -7.54. The fourth-order valence-electron chi connectivity index (χ4n) is 11.4. The van der Waals surface area contributed by atoms with Gasteiger partial charge in [-0.3, -0.25) is 0 Å². The average Bonchev–Trinajstić information content (AvgIpc) is 3.54. The lowest BCUT2D eigenvalue weighted by Gasteiger charge is -2.24. The highest BCUT2D eigenvalue weighted by molar-refractivity contribution is 6.28. The minimum atomic E-state index is -0.176. The number of rotatable bonds is 4. The molecule has 1 aliphatic rings. The maximum Gasteiger partial charge on any atom is 0.0159 e. The van der Waals surface area contributed by atoms with Crippen LogP contribution in [0.1, 0.15) is 30.5 Å². The van der Waals surface area contributed by atoms with Crippen LogP contribution in [-0.4, -0.2) is 0 Å². The van der Waals surface area contributed by atoms with Gasteiger partial charge in [-0.1, -0.05) is 190 Å². The zero-order valence-electron chi connectivity index (χ0n) is 35.1. The molecular formula is C62H42. The van der Waals surface area contributed by atoms with E-state index in [9.17, 15) is 0 Å². The molecule has 0 aliphatic heterocycles. The van der Waals surface area contributed by atoms with Gasteiger partial charge in [-0.05, 0) is 168 Å². The summed E-state index contributed by atoms with van der Waals surface area (Å²) in [4.78, 5) is 0. The molecule has 0 nitrogen and oxygen atoms in total. The summed E-state index contributed by atoms with van der Waals surface area (Å²) in [5.74, 6) is 0. The van der Waals surface area contributed by atoms with Crippen molar-refractivity contribution in [1.29, 1.82) is 0 Å². The van der Waals surface area contributed by atoms with E-state index in [1.807, 2.05) is 0 Å². The van der Waals surface area contributed by atoms with Crippen LogP contribution in [0.5, 0.6) is 0 Å². The molecule has 0 saturated carbocycles. The fraction of sp³-hybridized carbons (Fsp3) is 0.0645. The van der Waals surface area contributed by atoms with Crippen molar-refractivity contribution >= 4 is 64.6 Å². The standard InChI is InChI=1S/C62H42/c1-37-32-43(45-28-23-41-24-30-51-44(38-14-6-4-7-15-38)27-22-40-25-31-52(45)61(41)60(40)51)33-53(39-16-8-5-9-17-39)59(37)42-26-29-50-56-35-54-48-20-12-10-18-46(48)47-19-11-13-21-49(47)55(54)36-58(56)62(2,3)57(50)34-42/h4-36H,1-3H3. The van der Waals surface area contributed by atoms with E-state index in [4.69, 9.17) is 0 Å². The number of benzene rings is 12. The molecule has 0 saturated heterocycles. The number of hydrogen-bond acceptors (Lipinski definition) is 0. The zero-order chi connectivity index (χ0) is 41.3. The quantitative estimate of drug-likeness (QED) is 0.156. The van der Waals surface area contributed by atoms with Crippen LogP contribution in [0.15, 0.2) is 200 Å². The average molecular weight is 787 g/mol. The second-order valence-corrected chi connectivity index (χ2v) is 18.0. The van der Waals surface area contributed by atoms with Crippen LogP contribution in [0, 0.1) is 6.92 Å². The molecule has 0 heterocycles. The van der Waals surface area contributed by atoms with E-state index in [-0.39, 0.29) is 5.41 Å². The van der Waals surface area contributed by atoms with Gasteiger partial charge in [0.1, 0.15) is 0 Å². The third-order valence-electron chi connectivity index (χ3n) is 14.3. The van der Waals surface area contributed by atoms with Crippen LogP contribution in [0.25, 0.3) is 120 Å². The van der Waals surface area contributed by atoms with Crippen LogP contribution in [0.4, 0.5) is 0 Å². The topological polar surface area (TPSA) is 0 Å². The summed E-state index contributed by atoms with van der Waals surface area (Å²) in [5, 5.41) is 15.8. The molecule has 0 heteroatoms. The molecule has 0 radical (unpaired) electrons. The van der Waals surface area contributed by atoms with Crippen LogP contribution in [-0.2, 0) is 5.41 Å². The Balaban J connectivity index is 0.998. The normalized spacial score (nSPS) is 13.2. The van der Waals surface area contributed by atoms with E-state index in [1.54, 1.807) is 0 Å². The Labute approximate surface area is 361 Å². The molecule has 12 aromatic rings. The molecule has 0 fully saturated rings. The monoisotopic (exact) mass is 786 g/mol. The van der Waals surface area contributed by atoms with Gasteiger partial charge >= 0.3 is 0 Å². The largest absolute Gasteiger partial charge is 0.0622 e. The summed E-state index contributed by atoms with van der Waals surface area (Å²) in [6.45, 7) is 7.14. The van der Waals surface area contributed by atoms with E-state index in [2.05, 4.69) is 221 Å². The van der Waals surface area contributed by atoms with E-state index >= 15 is 0 Å². The Morgan fingerprint density at radius 1 is 0.290 bits per heavy atom. The Morgan fingerprint density at radius 2 is 0.758 bits per heavy atom. The van der Waals surface area contributed by atoms with Gasteiger partial charge < -0.3 is 0 Å². The molecule has 62 heavy (non-hydrogen) atoms.